The number of thiophene rings is 1. The van der Waals surface area contributed by atoms with E-state index in [2.05, 4.69) is 0 Å². The summed E-state index contributed by atoms with van der Waals surface area (Å²) in [6.07, 6.45) is 6.51. The molecule has 0 saturated carbocycles. The van der Waals surface area contributed by atoms with E-state index in [1.54, 1.807) is 6.92 Å². The second kappa shape index (κ2) is 9.22. The minimum atomic E-state index is -0.424. The second-order valence-corrected chi connectivity index (χ2v) is 7.89. The molecule has 0 bridgehead atoms. The molecule has 4 rings (SSSR count). The minimum absolute atomic E-state index is 0.166. The monoisotopic (exact) mass is 437 g/mol. The molecule has 2 aromatic heterocycles. The van der Waals surface area contributed by atoms with Gasteiger partial charge in [-0.1, -0.05) is 11.3 Å². The number of hydrogen-bond acceptors (Lipinski definition) is 6. The lowest BCUT2D eigenvalue weighted by Crippen LogP contribution is -2.16. The Hall–Kier alpha value is -3.32. The number of Topliss-reactive ketones (excluding diaryl/α,β-unsaturated/α-hetero) is 1. The van der Waals surface area contributed by atoms with Crippen molar-refractivity contribution in [3.63, 3.8) is 0 Å². The van der Waals surface area contributed by atoms with Crippen LogP contribution in [0, 0.1) is 0 Å². The number of ether oxygens (including phenoxy) is 3. The van der Waals surface area contributed by atoms with Crippen LogP contribution in [0.25, 0.3) is 5.69 Å². The van der Waals surface area contributed by atoms with Crippen molar-refractivity contribution in [2.45, 2.75) is 26.7 Å². The van der Waals surface area contributed by atoms with Crippen molar-refractivity contribution in [3.05, 3.63) is 76.6 Å². The van der Waals surface area contributed by atoms with Crippen LogP contribution in [-0.4, -0.2) is 29.5 Å². The first kappa shape index (κ1) is 20.9. The number of allylic oxidation sites excluding steroid dienone is 1. The van der Waals surface area contributed by atoms with Gasteiger partial charge in [-0.15, -0.1) is 0 Å². The summed E-state index contributed by atoms with van der Waals surface area (Å²) in [4.78, 5) is 26.1. The highest BCUT2D eigenvalue weighted by Gasteiger charge is 2.34. The number of benzene rings is 1. The summed E-state index contributed by atoms with van der Waals surface area (Å²) in [7, 11) is 0. The zero-order valence-corrected chi connectivity index (χ0v) is 18.2. The summed E-state index contributed by atoms with van der Waals surface area (Å²) in [5.41, 5.74) is 2.70. The molecule has 0 atom stereocenters. The molecule has 160 valence electrons. The molecular weight excluding hydrogens is 414 g/mol. The van der Waals surface area contributed by atoms with Gasteiger partial charge < -0.3 is 18.8 Å². The van der Waals surface area contributed by atoms with Crippen LogP contribution in [0.15, 0.2) is 60.6 Å². The Balaban J connectivity index is 1.68. The summed E-state index contributed by atoms with van der Waals surface area (Å²) >= 11 is 1.16. The van der Waals surface area contributed by atoms with E-state index in [9.17, 15) is 9.59 Å². The highest BCUT2D eigenvalue weighted by molar-refractivity contribution is 7.16. The van der Waals surface area contributed by atoms with E-state index >= 15 is 0 Å². The van der Waals surface area contributed by atoms with Gasteiger partial charge in [-0.25, -0.2) is 4.79 Å². The van der Waals surface area contributed by atoms with Gasteiger partial charge in [0.1, 0.15) is 10.6 Å². The molecular formula is C24H23NO5S. The van der Waals surface area contributed by atoms with E-state index in [0.717, 1.165) is 17.0 Å². The highest BCUT2D eigenvalue weighted by Crippen LogP contribution is 2.43. The van der Waals surface area contributed by atoms with Crippen molar-refractivity contribution >= 4 is 23.1 Å². The van der Waals surface area contributed by atoms with Crippen LogP contribution in [0.1, 0.15) is 45.9 Å². The quantitative estimate of drug-likeness (QED) is 0.275. The zero-order chi connectivity index (χ0) is 21.8. The molecule has 0 saturated heterocycles. The maximum absolute atomic E-state index is 13.2. The Labute approximate surface area is 184 Å². The van der Waals surface area contributed by atoms with Crippen LogP contribution in [-0.2, 0) is 15.9 Å². The smallest absolute Gasteiger partial charge is 0.348 e. The van der Waals surface area contributed by atoms with Crippen molar-refractivity contribution in [1.82, 2.24) is 4.57 Å². The Morgan fingerprint density at radius 3 is 2.52 bits per heavy atom. The van der Waals surface area contributed by atoms with E-state index in [1.165, 1.54) is 6.26 Å². The maximum atomic E-state index is 13.2. The number of hydrogen-bond donors (Lipinski definition) is 0. The predicted molar refractivity (Wildman–Crippen MR) is 118 cm³/mol. The fraction of sp³-hybridized carbons (Fsp3) is 0.250. The SMILES string of the molecule is CCO/C=C1\CCc2c(C(=O)OCC)sc(Oc3ccc(-n4cccc4)cc3)c2C1=O. The summed E-state index contributed by atoms with van der Waals surface area (Å²) in [6, 6.07) is 11.5. The van der Waals surface area contributed by atoms with Crippen molar-refractivity contribution in [2.75, 3.05) is 13.2 Å². The van der Waals surface area contributed by atoms with Gasteiger partial charge in [0.2, 0.25) is 0 Å². The first-order valence-electron chi connectivity index (χ1n) is 10.2. The number of aromatic nitrogens is 1. The predicted octanol–water partition coefficient (Wildman–Crippen LogP) is 5.56. The third-order valence-corrected chi connectivity index (χ3v) is 6.03. The third kappa shape index (κ3) is 4.27. The molecule has 0 N–H and O–H groups in total. The van der Waals surface area contributed by atoms with Crippen LogP contribution in [0.2, 0.25) is 0 Å². The lowest BCUT2D eigenvalue weighted by Gasteiger charge is -2.16. The Bertz CT molecular complexity index is 1110. The van der Waals surface area contributed by atoms with Gasteiger partial charge in [-0.2, -0.15) is 0 Å². The van der Waals surface area contributed by atoms with Crippen LogP contribution >= 0.6 is 11.3 Å². The minimum Gasteiger partial charge on any atom is -0.501 e. The van der Waals surface area contributed by atoms with Crippen LogP contribution in [0.3, 0.4) is 0 Å². The van der Waals surface area contributed by atoms with E-state index in [-0.39, 0.29) is 12.4 Å². The number of carbonyl (C=O) groups excluding carboxylic acids is 2. The molecule has 1 aliphatic rings. The topological polar surface area (TPSA) is 66.8 Å². The average molecular weight is 438 g/mol. The zero-order valence-electron chi connectivity index (χ0n) is 17.4. The summed E-state index contributed by atoms with van der Waals surface area (Å²) in [6.45, 7) is 4.38. The van der Waals surface area contributed by atoms with E-state index < -0.39 is 5.97 Å². The molecule has 2 heterocycles. The Morgan fingerprint density at radius 2 is 1.84 bits per heavy atom. The van der Waals surface area contributed by atoms with E-state index in [4.69, 9.17) is 14.2 Å². The summed E-state index contributed by atoms with van der Waals surface area (Å²) in [5, 5.41) is 0.402. The molecule has 0 unspecified atom stereocenters. The van der Waals surface area contributed by atoms with Gasteiger partial charge in [0, 0.05) is 23.7 Å². The number of carbonyl (C=O) groups is 2. The molecule has 0 amide bonds. The number of fused-ring (bicyclic) bond motifs is 1. The molecule has 1 aliphatic carbocycles. The van der Waals surface area contributed by atoms with Gasteiger partial charge in [0.05, 0.1) is 25.0 Å². The van der Waals surface area contributed by atoms with Gasteiger partial charge in [-0.3, -0.25) is 4.79 Å². The molecule has 0 radical (unpaired) electrons. The molecule has 3 aromatic rings. The largest absolute Gasteiger partial charge is 0.501 e. The van der Waals surface area contributed by atoms with Crippen molar-refractivity contribution in [2.24, 2.45) is 0 Å². The van der Waals surface area contributed by atoms with Crippen molar-refractivity contribution in [3.8, 4) is 16.5 Å². The number of ketones is 1. The first-order valence-corrected chi connectivity index (χ1v) is 11.0. The average Bonchev–Trinajstić information content (AvgIpc) is 3.43. The molecule has 1 aromatic carbocycles. The Morgan fingerprint density at radius 1 is 1.10 bits per heavy atom. The van der Waals surface area contributed by atoms with Crippen LogP contribution < -0.4 is 4.74 Å². The normalized spacial score (nSPS) is 14.4. The molecule has 0 aliphatic heterocycles. The number of nitrogens with zero attached hydrogens (tertiary/aromatic N) is 1. The molecule has 0 spiro atoms. The molecule has 0 fully saturated rings. The highest BCUT2D eigenvalue weighted by atomic mass is 32.1. The van der Waals surface area contributed by atoms with Gasteiger partial charge >= 0.3 is 5.97 Å². The molecule has 7 heteroatoms. The summed E-state index contributed by atoms with van der Waals surface area (Å²) in [5.74, 6) is -0.00358. The second-order valence-electron chi connectivity index (χ2n) is 6.91. The number of rotatable bonds is 7. The van der Waals surface area contributed by atoms with Crippen molar-refractivity contribution < 1.29 is 23.8 Å². The van der Waals surface area contributed by atoms with Gasteiger partial charge in [0.25, 0.3) is 0 Å². The third-order valence-electron chi connectivity index (χ3n) is 4.94. The Kier molecular flexibility index (Phi) is 6.23. The maximum Gasteiger partial charge on any atom is 0.348 e. The van der Waals surface area contributed by atoms with E-state index in [1.807, 2.05) is 60.3 Å². The summed E-state index contributed by atoms with van der Waals surface area (Å²) < 4.78 is 18.6. The van der Waals surface area contributed by atoms with Gasteiger partial charge in [0.15, 0.2) is 10.8 Å². The lowest BCUT2D eigenvalue weighted by atomic mass is 9.88. The fourth-order valence-corrected chi connectivity index (χ4v) is 4.58. The molecule has 31 heavy (non-hydrogen) atoms. The van der Waals surface area contributed by atoms with Crippen molar-refractivity contribution in [1.29, 1.82) is 0 Å². The van der Waals surface area contributed by atoms with E-state index in [0.29, 0.717) is 51.8 Å². The lowest BCUT2D eigenvalue weighted by molar-refractivity contribution is 0.0531. The standard InChI is InChI=1S/C24H23NO5S/c1-3-28-15-16-7-12-19-20(21(16)26)24(31-22(19)23(27)29-4-2)30-18-10-8-17(9-11-18)25-13-5-6-14-25/h5-6,8-11,13-15H,3-4,7,12H2,1-2H3/b16-15+. The molecule has 6 nitrogen and oxygen atoms in total. The fourth-order valence-electron chi connectivity index (χ4n) is 3.47. The van der Waals surface area contributed by atoms with Crippen LogP contribution in [0.5, 0.6) is 10.8 Å². The first-order chi connectivity index (χ1) is 15.1. The number of esters is 1. The van der Waals surface area contributed by atoms with Gasteiger partial charge in [-0.05, 0) is 68.7 Å². The van der Waals surface area contributed by atoms with Crippen LogP contribution in [0.4, 0.5) is 0 Å².